The Kier molecular flexibility index (Phi) is 7.09. The molecule has 0 bridgehead atoms. The first-order valence-corrected chi connectivity index (χ1v) is 18.8. The van der Waals surface area contributed by atoms with E-state index in [1.54, 1.807) is 0 Å². The molecule has 1 atom stereocenters. The third-order valence-corrected chi connectivity index (χ3v) is 12.0. The summed E-state index contributed by atoms with van der Waals surface area (Å²) in [5.74, 6) is 0. The molecule has 54 heavy (non-hydrogen) atoms. The van der Waals surface area contributed by atoms with E-state index < -0.39 is 5.41 Å². The lowest BCUT2D eigenvalue weighted by Crippen LogP contribution is -2.40. The number of para-hydroxylation sites is 3. The molecule has 0 amide bonds. The van der Waals surface area contributed by atoms with Crippen LogP contribution in [0.4, 0.5) is 17.1 Å². The predicted molar refractivity (Wildman–Crippen MR) is 228 cm³/mol. The molecule has 1 unspecified atom stereocenters. The summed E-state index contributed by atoms with van der Waals surface area (Å²) in [6, 6.07) is 62.1. The Balaban J connectivity index is 1.27. The van der Waals surface area contributed by atoms with E-state index in [1.807, 2.05) is 0 Å². The largest absolute Gasteiger partial charge is 0.310 e. The van der Waals surface area contributed by atoms with Gasteiger partial charge in [-0.3, -0.25) is 0 Å². The highest BCUT2D eigenvalue weighted by Crippen LogP contribution is 2.63. The molecule has 2 aliphatic rings. The van der Waals surface area contributed by atoms with Gasteiger partial charge in [-0.15, -0.1) is 0 Å². The van der Waals surface area contributed by atoms with Crippen molar-refractivity contribution in [3.63, 3.8) is 0 Å². The Morgan fingerprint density at radius 1 is 0.463 bits per heavy atom. The number of anilines is 3. The van der Waals surface area contributed by atoms with Crippen LogP contribution in [-0.4, -0.2) is 4.57 Å². The van der Waals surface area contributed by atoms with Crippen molar-refractivity contribution in [2.75, 3.05) is 4.90 Å². The topological polar surface area (TPSA) is 8.17 Å². The highest BCUT2D eigenvalue weighted by atomic mass is 15.1. The van der Waals surface area contributed by atoms with Crippen molar-refractivity contribution in [2.24, 2.45) is 0 Å². The number of nitrogens with zero attached hydrogens (tertiary/aromatic N) is 2. The highest BCUT2D eigenvalue weighted by molar-refractivity contribution is 6.10. The van der Waals surface area contributed by atoms with Crippen LogP contribution in [0.3, 0.4) is 0 Å². The molecule has 10 rings (SSSR count). The average Bonchev–Trinajstić information content (AvgIpc) is 3.70. The normalized spacial score (nSPS) is 16.6. The molecular weight excluding hydrogens is 653 g/mol. The van der Waals surface area contributed by atoms with Gasteiger partial charge in [0.05, 0.1) is 16.4 Å². The molecule has 2 aliphatic carbocycles. The SMILES string of the molecule is C=CC1=C(C=C)C2(c3ccccc3-c3ccc(N(c4ccccc4)c4ccc5c6ccccc6n(-c6ccccc6)c5c4)cc32)c2ccccc2C1(C)C. The monoisotopic (exact) mass is 692 g/mol. The Morgan fingerprint density at radius 2 is 1.04 bits per heavy atom. The maximum Gasteiger partial charge on any atom is 0.0720 e. The minimum absolute atomic E-state index is 0.245. The van der Waals surface area contributed by atoms with Gasteiger partial charge in [-0.1, -0.05) is 154 Å². The van der Waals surface area contributed by atoms with Crippen LogP contribution in [0.5, 0.6) is 0 Å². The minimum Gasteiger partial charge on any atom is -0.310 e. The zero-order chi connectivity index (χ0) is 36.6. The van der Waals surface area contributed by atoms with Crippen molar-refractivity contribution in [3.05, 3.63) is 229 Å². The van der Waals surface area contributed by atoms with Gasteiger partial charge in [0.25, 0.3) is 0 Å². The summed E-state index contributed by atoms with van der Waals surface area (Å²) in [7, 11) is 0. The molecule has 1 spiro atoms. The number of hydrogen-bond donors (Lipinski definition) is 0. The van der Waals surface area contributed by atoms with Crippen molar-refractivity contribution in [1.82, 2.24) is 4.57 Å². The third-order valence-electron chi connectivity index (χ3n) is 12.0. The standard InChI is InChI=1S/C52H40N2/c1-5-43-44(6-2)52(47-27-17-16-26-46(47)51(43,3)4)45-25-15-13-23-39(45)40-31-29-37(33-48(40)52)53(35-19-9-7-10-20-35)38-30-32-42-41-24-14-18-28-49(41)54(50(42)34-38)36-21-11-8-12-22-36/h5-34H,1-2H2,3-4H3. The van der Waals surface area contributed by atoms with E-state index in [2.05, 4.69) is 218 Å². The molecule has 0 saturated carbocycles. The quantitative estimate of drug-likeness (QED) is 0.168. The predicted octanol–water partition coefficient (Wildman–Crippen LogP) is 13.5. The fourth-order valence-electron chi connectivity index (χ4n) is 9.78. The zero-order valence-corrected chi connectivity index (χ0v) is 30.6. The van der Waals surface area contributed by atoms with E-state index in [4.69, 9.17) is 0 Å². The molecule has 0 fully saturated rings. The molecule has 1 heterocycles. The smallest absolute Gasteiger partial charge is 0.0720 e. The molecule has 2 nitrogen and oxygen atoms in total. The minimum atomic E-state index is -0.564. The molecule has 7 aromatic carbocycles. The summed E-state index contributed by atoms with van der Waals surface area (Å²) in [6.45, 7) is 13.5. The zero-order valence-electron chi connectivity index (χ0n) is 30.6. The van der Waals surface area contributed by atoms with Gasteiger partial charge < -0.3 is 9.47 Å². The van der Waals surface area contributed by atoms with Crippen LogP contribution in [0.25, 0.3) is 38.6 Å². The summed E-state index contributed by atoms with van der Waals surface area (Å²) in [4.78, 5) is 2.41. The Morgan fingerprint density at radius 3 is 1.80 bits per heavy atom. The lowest BCUT2D eigenvalue weighted by molar-refractivity contribution is 0.566. The molecule has 0 aliphatic heterocycles. The van der Waals surface area contributed by atoms with Gasteiger partial charge in [-0.2, -0.15) is 0 Å². The molecule has 2 heteroatoms. The van der Waals surface area contributed by atoms with E-state index in [0.717, 1.165) is 22.7 Å². The Labute approximate surface area is 317 Å². The molecular formula is C52H40N2. The van der Waals surface area contributed by atoms with Crippen LogP contribution in [0, 0.1) is 0 Å². The van der Waals surface area contributed by atoms with E-state index in [9.17, 15) is 0 Å². The highest BCUT2D eigenvalue weighted by Gasteiger charge is 2.53. The second-order valence-corrected chi connectivity index (χ2v) is 15.0. The van der Waals surface area contributed by atoms with Crippen molar-refractivity contribution in [3.8, 4) is 16.8 Å². The maximum absolute atomic E-state index is 4.50. The average molecular weight is 693 g/mol. The first kappa shape index (κ1) is 32.0. The number of aromatic nitrogens is 1. The van der Waals surface area contributed by atoms with Crippen LogP contribution >= 0.6 is 0 Å². The number of benzene rings is 7. The van der Waals surface area contributed by atoms with E-state index in [-0.39, 0.29) is 5.41 Å². The summed E-state index contributed by atoms with van der Waals surface area (Å²) < 4.78 is 2.39. The van der Waals surface area contributed by atoms with Crippen LogP contribution < -0.4 is 4.90 Å². The van der Waals surface area contributed by atoms with Crippen LogP contribution in [0.2, 0.25) is 0 Å². The Hall–Kier alpha value is -6.64. The number of rotatable bonds is 6. The molecule has 8 aromatic rings. The summed E-state index contributed by atoms with van der Waals surface area (Å²) in [5, 5.41) is 2.47. The summed E-state index contributed by atoms with van der Waals surface area (Å²) in [6.07, 6.45) is 4.16. The lowest BCUT2D eigenvalue weighted by atomic mass is 9.55. The third kappa shape index (κ3) is 4.28. The molecule has 0 radical (unpaired) electrons. The summed E-state index contributed by atoms with van der Waals surface area (Å²) in [5.41, 5.74) is 16.1. The first-order valence-electron chi connectivity index (χ1n) is 18.8. The number of hydrogen-bond acceptors (Lipinski definition) is 1. The molecule has 0 N–H and O–H groups in total. The van der Waals surface area contributed by atoms with Crippen molar-refractivity contribution < 1.29 is 0 Å². The number of allylic oxidation sites excluding steroid dienone is 4. The molecule has 0 saturated heterocycles. The van der Waals surface area contributed by atoms with Gasteiger partial charge in [0, 0.05) is 38.9 Å². The Bertz CT molecular complexity index is 2830. The van der Waals surface area contributed by atoms with Crippen LogP contribution in [0.1, 0.15) is 36.1 Å². The van der Waals surface area contributed by atoms with Gasteiger partial charge in [-0.25, -0.2) is 0 Å². The van der Waals surface area contributed by atoms with Crippen LogP contribution in [-0.2, 0) is 10.8 Å². The van der Waals surface area contributed by atoms with E-state index >= 15 is 0 Å². The van der Waals surface area contributed by atoms with Crippen molar-refractivity contribution in [1.29, 1.82) is 0 Å². The molecule has 1 aromatic heterocycles. The second-order valence-electron chi connectivity index (χ2n) is 15.0. The molecule has 258 valence electrons. The van der Waals surface area contributed by atoms with Crippen molar-refractivity contribution in [2.45, 2.75) is 24.7 Å². The summed E-state index contributed by atoms with van der Waals surface area (Å²) >= 11 is 0. The first-order chi connectivity index (χ1) is 26.5. The van der Waals surface area contributed by atoms with Crippen molar-refractivity contribution >= 4 is 38.9 Å². The second kappa shape index (κ2) is 11.9. The van der Waals surface area contributed by atoms with Gasteiger partial charge in [0.1, 0.15) is 0 Å². The van der Waals surface area contributed by atoms with Gasteiger partial charge in [0.15, 0.2) is 0 Å². The fourth-order valence-corrected chi connectivity index (χ4v) is 9.78. The van der Waals surface area contributed by atoms with Crippen LogP contribution in [0.15, 0.2) is 206 Å². The number of fused-ring (bicyclic) bond motifs is 10. The van der Waals surface area contributed by atoms with Gasteiger partial charge in [0.2, 0.25) is 0 Å². The van der Waals surface area contributed by atoms with E-state index in [1.165, 1.54) is 66.3 Å². The van der Waals surface area contributed by atoms with Gasteiger partial charge >= 0.3 is 0 Å². The maximum atomic E-state index is 4.50. The van der Waals surface area contributed by atoms with E-state index in [0.29, 0.717) is 0 Å². The fraction of sp³-hybridized carbons (Fsp3) is 0.0769. The van der Waals surface area contributed by atoms with Gasteiger partial charge in [-0.05, 0) is 99.1 Å². The lowest BCUT2D eigenvalue weighted by Gasteiger charge is -2.47.